The predicted molar refractivity (Wildman–Crippen MR) is 57.1 cm³/mol. The van der Waals surface area contributed by atoms with Crippen molar-refractivity contribution in [3.8, 4) is 0 Å². The Bertz CT molecular complexity index is 236. The molecular formula is C10H19N4O. The largest absolute Gasteiger partial charge is 0.381 e. The number of hydrogen-bond donors (Lipinski definition) is 1. The Labute approximate surface area is 90.6 Å². The molecule has 0 amide bonds. The van der Waals surface area contributed by atoms with E-state index in [0.717, 1.165) is 44.7 Å². The van der Waals surface area contributed by atoms with E-state index in [1.807, 2.05) is 0 Å². The maximum Gasteiger partial charge on any atom is 0.148 e. The van der Waals surface area contributed by atoms with Gasteiger partial charge in [-0.2, -0.15) is 0 Å². The Morgan fingerprint density at radius 1 is 1.27 bits per heavy atom. The number of unbranched alkanes of at least 4 members (excludes halogenated alkanes) is 2. The molecular weight excluding hydrogens is 192 g/mol. The Kier molecular flexibility index (Phi) is 5.92. The van der Waals surface area contributed by atoms with E-state index in [-0.39, 0.29) is 0 Å². The second kappa shape index (κ2) is 7.34. The number of aryl methyl sites for hydroxylation is 1. The van der Waals surface area contributed by atoms with Gasteiger partial charge in [-0.05, 0) is 29.2 Å². The summed E-state index contributed by atoms with van der Waals surface area (Å²) in [5.41, 5.74) is 0. The van der Waals surface area contributed by atoms with E-state index < -0.39 is 0 Å². The van der Waals surface area contributed by atoms with Crippen LogP contribution in [0.5, 0.6) is 0 Å². The first-order valence-corrected chi connectivity index (χ1v) is 5.38. The third-order valence-electron chi connectivity index (χ3n) is 1.98. The van der Waals surface area contributed by atoms with Crippen LogP contribution >= 0.6 is 0 Å². The minimum atomic E-state index is 0.784. The van der Waals surface area contributed by atoms with Crippen molar-refractivity contribution in [2.24, 2.45) is 0 Å². The van der Waals surface area contributed by atoms with Crippen LogP contribution in [-0.2, 0) is 11.2 Å². The van der Waals surface area contributed by atoms with Crippen LogP contribution in [-0.4, -0.2) is 33.8 Å². The van der Waals surface area contributed by atoms with Crippen LogP contribution in [0.3, 0.4) is 0 Å². The van der Waals surface area contributed by atoms with Crippen LogP contribution in [0.2, 0.25) is 0 Å². The molecule has 0 aliphatic heterocycles. The van der Waals surface area contributed by atoms with Crippen molar-refractivity contribution in [3.63, 3.8) is 0 Å². The molecule has 1 N–H and O–H groups in total. The zero-order valence-corrected chi connectivity index (χ0v) is 9.49. The average molecular weight is 211 g/mol. The normalized spacial score (nSPS) is 11.1. The van der Waals surface area contributed by atoms with Crippen LogP contribution < -0.4 is 0 Å². The van der Waals surface area contributed by atoms with Crippen LogP contribution in [0.1, 0.15) is 38.9 Å². The van der Waals surface area contributed by atoms with Gasteiger partial charge in [-0.3, -0.25) is 0 Å². The van der Waals surface area contributed by atoms with Gasteiger partial charge in [0.25, 0.3) is 0 Å². The second-order valence-corrected chi connectivity index (χ2v) is 3.92. The number of aromatic amines is 1. The Balaban J connectivity index is 1.85. The Hall–Kier alpha value is -0.970. The number of H-pyrrole nitrogens is 1. The second-order valence-electron chi connectivity index (χ2n) is 3.92. The van der Waals surface area contributed by atoms with Gasteiger partial charge in [0.2, 0.25) is 0 Å². The topological polar surface area (TPSA) is 63.7 Å². The lowest BCUT2D eigenvalue weighted by molar-refractivity contribution is 0.140. The number of tetrazole rings is 1. The molecule has 0 bridgehead atoms. The summed E-state index contributed by atoms with van der Waals surface area (Å²) in [6.07, 6.45) is 4.29. The van der Waals surface area contributed by atoms with Crippen molar-refractivity contribution in [1.82, 2.24) is 20.6 Å². The van der Waals surface area contributed by atoms with Crippen molar-refractivity contribution in [3.05, 3.63) is 11.7 Å². The zero-order chi connectivity index (χ0) is 10.9. The molecule has 5 nitrogen and oxygen atoms in total. The summed E-state index contributed by atoms with van der Waals surface area (Å²) in [6, 6.07) is 0. The van der Waals surface area contributed by atoms with E-state index in [4.69, 9.17) is 4.74 Å². The lowest BCUT2D eigenvalue weighted by Crippen LogP contribution is -2.01. The monoisotopic (exact) mass is 211 g/mol. The van der Waals surface area contributed by atoms with E-state index in [9.17, 15) is 0 Å². The molecule has 1 heterocycles. The van der Waals surface area contributed by atoms with Gasteiger partial charge in [0.1, 0.15) is 5.82 Å². The molecule has 0 atom stereocenters. The third-order valence-corrected chi connectivity index (χ3v) is 1.98. The van der Waals surface area contributed by atoms with Gasteiger partial charge in [-0.25, -0.2) is 5.10 Å². The highest BCUT2D eigenvalue weighted by Crippen LogP contribution is 2.02. The number of ether oxygens (including phenoxy) is 1. The Morgan fingerprint density at radius 2 is 2.13 bits per heavy atom. The number of nitrogens with zero attached hydrogens (tertiary/aromatic N) is 3. The van der Waals surface area contributed by atoms with Crippen molar-refractivity contribution < 1.29 is 4.74 Å². The SMILES string of the molecule is C[C](C)COCCCCCc1nnn[nH]1. The van der Waals surface area contributed by atoms with Crippen molar-refractivity contribution in [2.75, 3.05) is 13.2 Å². The van der Waals surface area contributed by atoms with Gasteiger partial charge in [0, 0.05) is 13.0 Å². The van der Waals surface area contributed by atoms with E-state index >= 15 is 0 Å². The fraction of sp³-hybridized carbons (Fsp3) is 0.800. The molecule has 1 radical (unpaired) electrons. The van der Waals surface area contributed by atoms with E-state index in [2.05, 4.69) is 34.5 Å². The molecule has 0 saturated carbocycles. The van der Waals surface area contributed by atoms with Gasteiger partial charge in [0.05, 0.1) is 6.61 Å². The molecule has 1 rings (SSSR count). The van der Waals surface area contributed by atoms with Crippen LogP contribution in [0.4, 0.5) is 0 Å². The van der Waals surface area contributed by atoms with Crippen LogP contribution in [0.15, 0.2) is 0 Å². The zero-order valence-electron chi connectivity index (χ0n) is 9.49. The third kappa shape index (κ3) is 6.17. The number of hydrogen-bond acceptors (Lipinski definition) is 4. The highest BCUT2D eigenvalue weighted by atomic mass is 16.5. The average Bonchev–Trinajstić information content (AvgIpc) is 2.68. The molecule has 1 aromatic heterocycles. The highest BCUT2D eigenvalue weighted by Gasteiger charge is 1.97. The van der Waals surface area contributed by atoms with Gasteiger partial charge in [0.15, 0.2) is 0 Å². The molecule has 0 aliphatic rings. The smallest absolute Gasteiger partial charge is 0.148 e. The number of aromatic nitrogens is 4. The van der Waals surface area contributed by atoms with Gasteiger partial charge in [-0.1, -0.05) is 20.3 Å². The molecule has 0 saturated heterocycles. The lowest BCUT2D eigenvalue weighted by atomic mass is 10.2. The summed E-state index contributed by atoms with van der Waals surface area (Å²) in [6.45, 7) is 5.79. The van der Waals surface area contributed by atoms with E-state index in [1.54, 1.807) is 0 Å². The first kappa shape index (κ1) is 12.1. The molecule has 0 aliphatic carbocycles. The molecule has 0 spiro atoms. The first-order chi connectivity index (χ1) is 7.29. The maximum atomic E-state index is 5.45. The summed E-state index contributed by atoms with van der Waals surface area (Å²) < 4.78 is 5.45. The highest BCUT2D eigenvalue weighted by molar-refractivity contribution is 4.76. The quantitative estimate of drug-likeness (QED) is 0.662. The van der Waals surface area contributed by atoms with E-state index in [0.29, 0.717) is 0 Å². The molecule has 1 aromatic rings. The molecule has 0 unspecified atom stereocenters. The predicted octanol–water partition coefficient (Wildman–Crippen LogP) is 1.54. The van der Waals surface area contributed by atoms with Crippen LogP contribution in [0.25, 0.3) is 0 Å². The number of rotatable bonds is 8. The summed E-state index contributed by atoms with van der Waals surface area (Å²) in [4.78, 5) is 0. The van der Waals surface area contributed by atoms with Crippen LogP contribution in [0, 0.1) is 5.92 Å². The van der Waals surface area contributed by atoms with Gasteiger partial charge in [-0.15, -0.1) is 5.10 Å². The van der Waals surface area contributed by atoms with Crippen molar-refractivity contribution in [1.29, 1.82) is 0 Å². The summed E-state index contributed by atoms with van der Waals surface area (Å²) in [5, 5.41) is 13.6. The Morgan fingerprint density at radius 3 is 2.80 bits per heavy atom. The fourth-order valence-corrected chi connectivity index (χ4v) is 1.23. The number of nitrogens with one attached hydrogen (secondary N) is 1. The molecule has 85 valence electrons. The molecule has 0 aromatic carbocycles. The summed E-state index contributed by atoms with van der Waals surface area (Å²) >= 11 is 0. The summed E-state index contributed by atoms with van der Waals surface area (Å²) in [5.74, 6) is 2.19. The standard InChI is InChI=1S/C10H19N4O/c1-9(2)8-15-7-5-3-4-6-10-11-13-14-12-10/h3-8H2,1-2H3,(H,11,12,13,14). The fourth-order valence-electron chi connectivity index (χ4n) is 1.23. The van der Waals surface area contributed by atoms with E-state index in [1.165, 1.54) is 5.92 Å². The first-order valence-electron chi connectivity index (χ1n) is 5.38. The van der Waals surface area contributed by atoms with Crippen molar-refractivity contribution >= 4 is 0 Å². The minimum absolute atomic E-state index is 0.784. The van der Waals surface area contributed by atoms with Gasteiger partial charge >= 0.3 is 0 Å². The molecule has 5 heteroatoms. The van der Waals surface area contributed by atoms with Crippen molar-refractivity contribution in [2.45, 2.75) is 39.5 Å². The lowest BCUT2D eigenvalue weighted by Gasteiger charge is -2.05. The maximum absolute atomic E-state index is 5.45. The minimum Gasteiger partial charge on any atom is -0.381 e. The van der Waals surface area contributed by atoms with Gasteiger partial charge < -0.3 is 4.74 Å². The molecule has 15 heavy (non-hydrogen) atoms. The molecule has 0 fully saturated rings. The summed E-state index contributed by atoms with van der Waals surface area (Å²) in [7, 11) is 0.